The number of hydrogen-bond acceptors (Lipinski definition) is 2. The van der Waals surface area contributed by atoms with Crippen molar-refractivity contribution in [2.75, 3.05) is 0 Å². The fraction of sp³-hybridized carbons (Fsp3) is 0.231. The number of hydrogen-bond donors (Lipinski definition) is 1. The molecule has 1 aromatic carbocycles. The molecule has 1 heterocycles. The maximum absolute atomic E-state index is 13.0. The van der Waals surface area contributed by atoms with Crippen molar-refractivity contribution < 1.29 is 8.78 Å². The molecule has 0 radical (unpaired) electrons. The minimum absolute atomic E-state index is 0.0968. The quantitative estimate of drug-likeness (QED) is 0.903. The lowest BCUT2D eigenvalue weighted by Crippen LogP contribution is -2.25. The average molecular weight is 332 g/mol. The van der Waals surface area contributed by atoms with Crippen LogP contribution < -0.4 is 5.73 Å². The van der Waals surface area contributed by atoms with Gasteiger partial charge in [0.25, 0.3) is 0 Å². The maximum Gasteiger partial charge on any atom is 0.159 e. The molecular formula is C13H12BrF2NS. The number of benzene rings is 1. The van der Waals surface area contributed by atoms with Gasteiger partial charge in [0.2, 0.25) is 0 Å². The van der Waals surface area contributed by atoms with Gasteiger partial charge in [-0.3, -0.25) is 0 Å². The molecule has 5 heteroatoms. The van der Waals surface area contributed by atoms with Crippen LogP contribution in [-0.2, 0) is 12.8 Å². The van der Waals surface area contributed by atoms with Gasteiger partial charge in [0.05, 0.1) is 0 Å². The second kappa shape index (κ2) is 5.91. The zero-order valence-electron chi connectivity index (χ0n) is 9.50. The highest BCUT2D eigenvalue weighted by Crippen LogP contribution is 2.21. The fourth-order valence-electron chi connectivity index (χ4n) is 1.76. The molecule has 0 fully saturated rings. The largest absolute Gasteiger partial charge is 0.327 e. The summed E-state index contributed by atoms with van der Waals surface area (Å²) in [7, 11) is 0. The molecule has 96 valence electrons. The molecule has 0 aliphatic carbocycles. The van der Waals surface area contributed by atoms with E-state index in [0.29, 0.717) is 6.42 Å². The molecule has 0 aliphatic rings. The molecular weight excluding hydrogens is 320 g/mol. The van der Waals surface area contributed by atoms with Crippen molar-refractivity contribution in [3.05, 3.63) is 56.2 Å². The second-order valence-electron chi connectivity index (χ2n) is 4.15. The lowest BCUT2D eigenvalue weighted by molar-refractivity contribution is 0.506. The summed E-state index contributed by atoms with van der Waals surface area (Å²) in [6, 6.07) is 5.84. The molecule has 2 rings (SSSR count). The summed E-state index contributed by atoms with van der Waals surface area (Å²) >= 11 is 5.02. The first-order chi connectivity index (χ1) is 8.54. The predicted octanol–water partition coefficient (Wildman–Crippen LogP) is 3.90. The lowest BCUT2D eigenvalue weighted by atomic mass is 10.0. The summed E-state index contributed by atoms with van der Waals surface area (Å²) < 4.78 is 26.9. The predicted molar refractivity (Wildman–Crippen MR) is 73.8 cm³/mol. The van der Waals surface area contributed by atoms with Crippen LogP contribution >= 0.6 is 27.3 Å². The van der Waals surface area contributed by atoms with Crippen LogP contribution in [0.5, 0.6) is 0 Å². The van der Waals surface area contributed by atoms with Gasteiger partial charge in [-0.2, -0.15) is 0 Å². The van der Waals surface area contributed by atoms with Gasteiger partial charge in [0.1, 0.15) is 0 Å². The van der Waals surface area contributed by atoms with Gasteiger partial charge in [0.15, 0.2) is 11.6 Å². The standard InChI is InChI=1S/C13H12BrF2NS/c14-9-5-11(18-7-9)6-10(17)3-8-1-2-12(15)13(16)4-8/h1-2,4-5,7,10H,3,6,17H2. The van der Waals surface area contributed by atoms with E-state index in [2.05, 4.69) is 15.9 Å². The molecule has 0 saturated carbocycles. The highest BCUT2D eigenvalue weighted by molar-refractivity contribution is 9.10. The van der Waals surface area contributed by atoms with E-state index in [-0.39, 0.29) is 6.04 Å². The van der Waals surface area contributed by atoms with Crippen molar-refractivity contribution in [1.82, 2.24) is 0 Å². The van der Waals surface area contributed by atoms with E-state index in [0.717, 1.165) is 22.5 Å². The highest BCUT2D eigenvalue weighted by atomic mass is 79.9. The van der Waals surface area contributed by atoms with Crippen molar-refractivity contribution in [2.45, 2.75) is 18.9 Å². The number of halogens is 3. The van der Waals surface area contributed by atoms with E-state index in [9.17, 15) is 8.78 Å². The third kappa shape index (κ3) is 3.60. The Kier molecular flexibility index (Phi) is 4.48. The smallest absolute Gasteiger partial charge is 0.159 e. The summed E-state index contributed by atoms with van der Waals surface area (Å²) in [5.74, 6) is -1.65. The van der Waals surface area contributed by atoms with Crippen molar-refractivity contribution in [1.29, 1.82) is 0 Å². The van der Waals surface area contributed by atoms with E-state index in [1.807, 2.05) is 11.4 Å². The Morgan fingerprint density at radius 1 is 1.17 bits per heavy atom. The number of nitrogens with two attached hydrogens (primary N) is 1. The Hall–Kier alpha value is -0.780. The first-order valence-electron chi connectivity index (χ1n) is 5.47. The van der Waals surface area contributed by atoms with E-state index >= 15 is 0 Å². The van der Waals surface area contributed by atoms with Crippen LogP contribution in [0.4, 0.5) is 8.78 Å². The molecule has 2 N–H and O–H groups in total. The Morgan fingerprint density at radius 3 is 2.56 bits per heavy atom. The fourth-order valence-corrected chi connectivity index (χ4v) is 3.31. The van der Waals surface area contributed by atoms with Gasteiger partial charge in [0, 0.05) is 20.8 Å². The first kappa shape index (κ1) is 13.6. The molecule has 0 amide bonds. The van der Waals surface area contributed by atoms with E-state index in [1.165, 1.54) is 10.9 Å². The Labute approximate surface area is 117 Å². The van der Waals surface area contributed by atoms with Crippen LogP contribution in [0.3, 0.4) is 0 Å². The van der Waals surface area contributed by atoms with Gasteiger partial charge in [-0.25, -0.2) is 8.78 Å². The molecule has 0 saturated heterocycles. The van der Waals surface area contributed by atoms with Crippen molar-refractivity contribution in [3.8, 4) is 0 Å². The minimum atomic E-state index is -0.825. The summed E-state index contributed by atoms with van der Waals surface area (Å²) in [4.78, 5) is 1.18. The SMILES string of the molecule is NC(Cc1ccc(F)c(F)c1)Cc1cc(Br)cs1. The van der Waals surface area contributed by atoms with E-state index < -0.39 is 11.6 Å². The third-order valence-electron chi connectivity index (χ3n) is 2.57. The zero-order valence-corrected chi connectivity index (χ0v) is 11.9. The van der Waals surface area contributed by atoms with Gasteiger partial charge in [-0.05, 0) is 52.5 Å². The van der Waals surface area contributed by atoms with E-state index in [4.69, 9.17) is 5.73 Å². The Balaban J connectivity index is 1.98. The minimum Gasteiger partial charge on any atom is -0.327 e. The molecule has 0 aliphatic heterocycles. The molecule has 1 unspecified atom stereocenters. The van der Waals surface area contributed by atoms with Gasteiger partial charge >= 0.3 is 0 Å². The van der Waals surface area contributed by atoms with Gasteiger partial charge < -0.3 is 5.73 Å². The molecule has 2 aromatic rings. The van der Waals surface area contributed by atoms with E-state index in [1.54, 1.807) is 17.4 Å². The molecule has 1 atom stereocenters. The second-order valence-corrected chi connectivity index (χ2v) is 6.06. The van der Waals surface area contributed by atoms with Crippen LogP contribution in [0.15, 0.2) is 34.1 Å². The maximum atomic E-state index is 13.0. The topological polar surface area (TPSA) is 26.0 Å². The number of thiophene rings is 1. The molecule has 1 nitrogen and oxygen atoms in total. The monoisotopic (exact) mass is 331 g/mol. The van der Waals surface area contributed by atoms with Gasteiger partial charge in [-0.1, -0.05) is 6.07 Å². The lowest BCUT2D eigenvalue weighted by Gasteiger charge is -2.10. The normalized spacial score (nSPS) is 12.7. The van der Waals surface area contributed by atoms with Gasteiger partial charge in [-0.15, -0.1) is 11.3 Å². The Morgan fingerprint density at radius 2 is 1.94 bits per heavy atom. The number of rotatable bonds is 4. The molecule has 0 bridgehead atoms. The zero-order chi connectivity index (χ0) is 13.1. The summed E-state index contributed by atoms with van der Waals surface area (Å²) in [6.07, 6.45) is 1.27. The van der Waals surface area contributed by atoms with Crippen LogP contribution in [0, 0.1) is 11.6 Å². The summed E-state index contributed by atoms with van der Waals surface area (Å²) in [6.45, 7) is 0. The first-order valence-corrected chi connectivity index (χ1v) is 7.14. The van der Waals surface area contributed by atoms with Crippen LogP contribution in [0.2, 0.25) is 0 Å². The van der Waals surface area contributed by atoms with Crippen molar-refractivity contribution in [2.24, 2.45) is 5.73 Å². The molecule has 1 aromatic heterocycles. The Bertz CT molecular complexity index is 542. The van der Waals surface area contributed by atoms with Crippen molar-refractivity contribution >= 4 is 27.3 Å². The highest BCUT2D eigenvalue weighted by Gasteiger charge is 2.09. The molecule has 0 spiro atoms. The van der Waals surface area contributed by atoms with Crippen LogP contribution in [-0.4, -0.2) is 6.04 Å². The summed E-state index contributed by atoms with van der Waals surface area (Å²) in [5, 5.41) is 2.00. The van der Waals surface area contributed by atoms with Crippen molar-refractivity contribution in [3.63, 3.8) is 0 Å². The third-order valence-corrected chi connectivity index (χ3v) is 4.29. The van der Waals surface area contributed by atoms with Crippen LogP contribution in [0.25, 0.3) is 0 Å². The van der Waals surface area contributed by atoms with Crippen LogP contribution in [0.1, 0.15) is 10.4 Å². The molecule has 18 heavy (non-hydrogen) atoms. The average Bonchev–Trinajstić information content (AvgIpc) is 2.69. The summed E-state index contributed by atoms with van der Waals surface area (Å²) in [5.41, 5.74) is 6.73.